The third-order valence-electron chi connectivity index (χ3n) is 3.99. The highest BCUT2D eigenvalue weighted by Crippen LogP contribution is 2.43. The number of nitrogens with zero attached hydrogens (tertiary/aromatic N) is 1. The third-order valence-corrected chi connectivity index (χ3v) is 5.21. The van der Waals surface area contributed by atoms with E-state index in [0.717, 1.165) is 4.90 Å². The van der Waals surface area contributed by atoms with E-state index in [0.29, 0.717) is 12.0 Å². The second kappa shape index (κ2) is 5.33. The molecule has 1 saturated heterocycles. The van der Waals surface area contributed by atoms with Crippen LogP contribution in [-0.2, 0) is 19.6 Å². The van der Waals surface area contributed by atoms with Crippen molar-refractivity contribution in [2.24, 2.45) is 10.6 Å². The van der Waals surface area contributed by atoms with Gasteiger partial charge < -0.3 is 0 Å². The van der Waals surface area contributed by atoms with Crippen LogP contribution in [0.1, 0.15) is 32.3 Å². The Labute approximate surface area is 134 Å². The van der Waals surface area contributed by atoms with E-state index in [1.54, 1.807) is 20.8 Å². The van der Waals surface area contributed by atoms with Crippen LogP contribution in [0.15, 0.2) is 17.0 Å². The number of sulfonamides is 1. The van der Waals surface area contributed by atoms with Crippen LogP contribution in [-0.4, -0.2) is 20.2 Å². The maximum Gasteiger partial charge on any atom is 0.240 e. The summed E-state index contributed by atoms with van der Waals surface area (Å²) in [5.41, 5.74) is -0.446. The number of imide groups is 1. The lowest BCUT2D eigenvalue weighted by Crippen LogP contribution is -2.35. The molecule has 1 aromatic rings. The van der Waals surface area contributed by atoms with Crippen LogP contribution in [0.25, 0.3) is 0 Å². The summed E-state index contributed by atoms with van der Waals surface area (Å²) in [4.78, 5) is 25.4. The van der Waals surface area contributed by atoms with E-state index in [1.807, 2.05) is 0 Å². The minimum absolute atomic E-state index is 0.00563. The summed E-state index contributed by atoms with van der Waals surface area (Å²) in [6.07, 6.45) is 0.471. The van der Waals surface area contributed by atoms with Crippen molar-refractivity contribution in [1.82, 2.24) is 0 Å². The molecular weight excluding hydrogens is 328 g/mol. The summed E-state index contributed by atoms with van der Waals surface area (Å²) < 4.78 is 23.7. The molecule has 2 rings (SSSR count). The van der Waals surface area contributed by atoms with Crippen LogP contribution in [0.5, 0.6) is 0 Å². The first-order valence-electron chi connectivity index (χ1n) is 6.71. The maximum atomic E-state index is 12.6. The Hall–Kier alpha value is -1.44. The highest BCUT2D eigenvalue weighted by Gasteiger charge is 2.49. The number of carbonyl (C=O) groups excluding carboxylic acids is 2. The molecule has 120 valence electrons. The second-order valence-corrected chi connectivity index (χ2v) is 7.70. The van der Waals surface area contributed by atoms with Crippen molar-refractivity contribution in [1.29, 1.82) is 0 Å². The number of primary sulfonamides is 1. The van der Waals surface area contributed by atoms with Crippen LogP contribution in [0.2, 0.25) is 5.02 Å². The average molecular weight is 345 g/mol. The van der Waals surface area contributed by atoms with E-state index in [1.165, 1.54) is 12.1 Å². The molecule has 1 atom stereocenters. The number of nitrogens with two attached hydrogens (primary N) is 1. The first-order chi connectivity index (χ1) is 10.0. The highest BCUT2D eigenvalue weighted by atomic mass is 35.5. The number of hydrogen-bond donors (Lipinski definition) is 1. The Kier molecular flexibility index (Phi) is 4.10. The molecule has 1 unspecified atom stereocenters. The number of halogens is 1. The summed E-state index contributed by atoms with van der Waals surface area (Å²) in [6, 6.07) is 2.80. The molecule has 0 saturated carbocycles. The monoisotopic (exact) mass is 344 g/mol. The largest absolute Gasteiger partial charge is 0.274 e. The van der Waals surface area contributed by atoms with Crippen LogP contribution in [0, 0.1) is 12.3 Å². The topological polar surface area (TPSA) is 97.5 Å². The van der Waals surface area contributed by atoms with Gasteiger partial charge in [0.2, 0.25) is 21.8 Å². The standard InChI is InChI=1S/C14H17ClN2O4S/c1-4-14(3)7-11(18)17(13(14)19)12-9(15)5-8(2)6-10(12)22(16,20)21/h5-6H,4,7H2,1-3H3,(H2,16,20,21). The minimum Gasteiger partial charge on any atom is -0.274 e. The number of anilines is 1. The number of rotatable bonds is 3. The van der Waals surface area contributed by atoms with Crippen LogP contribution in [0.3, 0.4) is 0 Å². The molecule has 1 aliphatic rings. The van der Waals surface area contributed by atoms with Gasteiger partial charge in [-0.1, -0.05) is 25.4 Å². The van der Waals surface area contributed by atoms with Crippen LogP contribution >= 0.6 is 11.6 Å². The van der Waals surface area contributed by atoms with E-state index >= 15 is 0 Å². The summed E-state index contributed by atoms with van der Waals surface area (Å²) in [5, 5.41) is 5.22. The van der Waals surface area contributed by atoms with Gasteiger partial charge in [-0.15, -0.1) is 0 Å². The first kappa shape index (κ1) is 16.9. The summed E-state index contributed by atoms with van der Waals surface area (Å²) in [5.74, 6) is -0.944. The van der Waals surface area contributed by atoms with Gasteiger partial charge in [0.25, 0.3) is 0 Å². The smallest absolute Gasteiger partial charge is 0.240 e. The van der Waals surface area contributed by atoms with Gasteiger partial charge in [-0.2, -0.15) is 0 Å². The van der Waals surface area contributed by atoms with Crippen molar-refractivity contribution in [2.75, 3.05) is 4.90 Å². The fraction of sp³-hybridized carbons (Fsp3) is 0.429. The Morgan fingerprint density at radius 1 is 1.36 bits per heavy atom. The Morgan fingerprint density at radius 3 is 2.41 bits per heavy atom. The lowest BCUT2D eigenvalue weighted by Gasteiger charge is -2.23. The Bertz CT molecular complexity index is 775. The molecule has 22 heavy (non-hydrogen) atoms. The van der Waals surface area contributed by atoms with Gasteiger partial charge in [-0.05, 0) is 31.0 Å². The van der Waals surface area contributed by atoms with Gasteiger partial charge in [-0.3, -0.25) is 9.59 Å². The molecule has 2 amide bonds. The molecule has 1 aliphatic heterocycles. The zero-order valence-electron chi connectivity index (χ0n) is 12.5. The van der Waals surface area contributed by atoms with Crippen molar-refractivity contribution in [3.8, 4) is 0 Å². The predicted molar refractivity (Wildman–Crippen MR) is 83.1 cm³/mol. The fourth-order valence-electron chi connectivity index (χ4n) is 2.51. The van der Waals surface area contributed by atoms with Gasteiger partial charge in [0.15, 0.2) is 0 Å². The molecule has 1 aromatic carbocycles. The molecule has 0 spiro atoms. The van der Waals surface area contributed by atoms with Crippen molar-refractivity contribution >= 4 is 39.1 Å². The van der Waals surface area contributed by atoms with Crippen molar-refractivity contribution < 1.29 is 18.0 Å². The van der Waals surface area contributed by atoms with Crippen molar-refractivity contribution in [2.45, 2.75) is 38.5 Å². The quantitative estimate of drug-likeness (QED) is 0.847. The molecule has 1 heterocycles. The SMILES string of the molecule is CCC1(C)CC(=O)N(c2c(Cl)cc(C)cc2S(N)(=O)=O)C1=O. The first-order valence-corrected chi connectivity index (χ1v) is 8.64. The molecule has 0 bridgehead atoms. The van der Waals surface area contributed by atoms with E-state index in [2.05, 4.69) is 0 Å². The van der Waals surface area contributed by atoms with E-state index in [9.17, 15) is 18.0 Å². The zero-order valence-corrected chi connectivity index (χ0v) is 14.1. The molecule has 0 aromatic heterocycles. The number of hydrogen-bond acceptors (Lipinski definition) is 4. The second-order valence-electron chi connectivity index (χ2n) is 5.76. The average Bonchev–Trinajstić information content (AvgIpc) is 2.60. The van der Waals surface area contributed by atoms with E-state index in [4.69, 9.17) is 16.7 Å². The summed E-state index contributed by atoms with van der Waals surface area (Å²) >= 11 is 6.12. The zero-order chi connectivity index (χ0) is 16.9. The predicted octanol–water partition coefficient (Wildman–Crippen LogP) is 1.98. The van der Waals surface area contributed by atoms with Gasteiger partial charge in [0.1, 0.15) is 4.90 Å². The summed E-state index contributed by atoms with van der Waals surface area (Å²) in [7, 11) is -4.14. The Morgan fingerprint density at radius 2 is 1.95 bits per heavy atom. The highest BCUT2D eigenvalue weighted by molar-refractivity contribution is 7.89. The number of amides is 2. The van der Waals surface area contributed by atoms with Crippen molar-refractivity contribution in [3.63, 3.8) is 0 Å². The number of aryl methyl sites for hydroxylation is 1. The number of carbonyl (C=O) groups is 2. The fourth-order valence-corrected chi connectivity index (χ4v) is 3.75. The van der Waals surface area contributed by atoms with Crippen molar-refractivity contribution in [3.05, 3.63) is 22.7 Å². The normalized spacial score (nSPS) is 22.5. The van der Waals surface area contributed by atoms with Gasteiger partial charge >= 0.3 is 0 Å². The molecule has 2 N–H and O–H groups in total. The summed E-state index contributed by atoms with van der Waals surface area (Å²) in [6.45, 7) is 5.12. The molecular formula is C14H17ClN2O4S. The minimum atomic E-state index is -4.14. The third kappa shape index (κ3) is 2.64. The molecule has 6 nitrogen and oxygen atoms in total. The van der Waals surface area contributed by atoms with Crippen LogP contribution in [0.4, 0.5) is 5.69 Å². The lowest BCUT2D eigenvalue weighted by molar-refractivity contribution is -0.125. The van der Waals surface area contributed by atoms with Gasteiger partial charge in [0.05, 0.1) is 16.1 Å². The Balaban J connectivity index is 2.73. The molecule has 0 radical (unpaired) electrons. The lowest BCUT2D eigenvalue weighted by atomic mass is 9.86. The molecule has 0 aliphatic carbocycles. The van der Waals surface area contributed by atoms with Gasteiger partial charge in [-0.25, -0.2) is 18.5 Å². The van der Waals surface area contributed by atoms with E-state index < -0.39 is 27.3 Å². The van der Waals surface area contributed by atoms with Gasteiger partial charge in [0, 0.05) is 6.42 Å². The van der Waals surface area contributed by atoms with Crippen LogP contribution < -0.4 is 10.0 Å². The maximum absolute atomic E-state index is 12.6. The molecule has 8 heteroatoms. The molecule has 1 fully saturated rings. The number of benzene rings is 1. The van der Waals surface area contributed by atoms with E-state index in [-0.39, 0.29) is 22.0 Å².